The fourth-order valence-electron chi connectivity index (χ4n) is 2.38. The maximum absolute atomic E-state index is 11.8. The molecule has 108 valence electrons. The molecule has 0 aromatic rings. The van der Waals surface area contributed by atoms with E-state index in [9.17, 15) is 18.3 Å². The highest BCUT2D eigenvalue weighted by atomic mass is 19.4. The summed E-state index contributed by atoms with van der Waals surface area (Å²) in [4.78, 5) is 2.03. The summed E-state index contributed by atoms with van der Waals surface area (Å²) in [5, 5.41) is 9.83. The number of aliphatic hydroxyl groups is 1. The topological polar surface area (TPSA) is 32.7 Å². The molecular weight excluding hydrogens is 247 g/mol. The van der Waals surface area contributed by atoms with E-state index in [4.69, 9.17) is 0 Å². The zero-order valence-electron chi connectivity index (χ0n) is 10.7. The first-order valence-corrected chi connectivity index (χ1v) is 6.43. The molecule has 0 bridgehead atoms. The first-order chi connectivity index (χ1) is 8.40. The Morgan fingerprint density at radius 3 is 2.56 bits per heavy atom. The Hall–Kier alpha value is -0.330. The molecule has 1 fully saturated rings. The van der Waals surface area contributed by atoms with Crippen molar-refractivity contribution in [1.82, 2.24) is 4.90 Å². The molecule has 0 heterocycles. The van der Waals surface area contributed by atoms with E-state index in [-0.39, 0.29) is 18.8 Å². The molecule has 1 aliphatic rings. The van der Waals surface area contributed by atoms with Gasteiger partial charge in [0.1, 0.15) is 6.61 Å². The molecule has 0 aromatic carbocycles. The number of ether oxygens (including phenoxy) is 1. The number of hydrogen-bond donors (Lipinski definition) is 1. The summed E-state index contributed by atoms with van der Waals surface area (Å²) >= 11 is 0. The number of likely N-dealkylation sites (N-methyl/N-ethyl adjacent to an activating group) is 1. The molecule has 0 radical (unpaired) electrons. The molecule has 1 N–H and O–H groups in total. The van der Waals surface area contributed by atoms with Crippen molar-refractivity contribution in [2.24, 2.45) is 0 Å². The Balaban J connectivity index is 2.11. The van der Waals surface area contributed by atoms with Gasteiger partial charge in [-0.3, -0.25) is 0 Å². The van der Waals surface area contributed by atoms with Crippen molar-refractivity contribution < 1.29 is 23.0 Å². The second kappa shape index (κ2) is 7.31. The average molecular weight is 269 g/mol. The van der Waals surface area contributed by atoms with Crippen molar-refractivity contribution in [2.45, 2.75) is 50.4 Å². The third-order valence-electron chi connectivity index (χ3n) is 3.33. The smallest absolute Gasteiger partial charge is 0.391 e. The van der Waals surface area contributed by atoms with Crippen LogP contribution in [0.25, 0.3) is 0 Å². The van der Waals surface area contributed by atoms with E-state index in [0.29, 0.717) is 13.0 Å². The number of aliphatic hydroxyl groups excluding tert-OH is 1. The molecule has 6 heteroatoms. The summed E-state index contributed by atoms with van der Waals surface area (Å²) in [5.74, 6) is 0. The van der Waals surface area contributed by atoms with Gasteiger partial charge in [-0.1, -0.05) is 12.8 Å². The normalized spacial score (nSPS) is 25.7. The Kier molecular flexibility index (Phi) is 6.38. The summed E-state index contributed by atoms with van der Waals surface area (Å²) in [6.07, 6.45) is -0.0569. The Morgan fingerprint density at radius 2 is 1.94 bits per heavy atom. The molecule has 0 saturated heterocycles. The molecule has 1 rings (SSSR count). The summed E-state index contributed by atoms with van der Waals surface area (Å²) in [6.45, 7) is -0.422. The van der Waals surface area contributed by atoms with E-state index in [1.807, 2.05) is 11.9 Å². The van der Waals surface area contributed by atoms with E-state index >= 15 is 0 Å². The van der Waals surface area contributed by atoms with Gasteiger partial charge in [-0.25, -0.2) is 0 Å². The third kappa shape index (κ3) is 6.02. The quantitative estimate of drug-likeness (QED) is 0.750. The minimum absolute atomic E-state index is 0.104. The van der Waals surface area contributed by atoms with E-state index in [0.717, 1.165) is 25.7 Å². The molecule has 18 heavy (non-hydrogen) atoms. The van der Waals surface area contributed by atoms with Gasteiger partial charge in [0.05, 0.1) is 6.10 Å². The van der Waals surface area contributed by atoms with E-state index in [2.05, 4.69) is 4.74 Å². The number of hydrogen-bond acceptors (Lipinski definition) is 3. The Labute approximate surface area is 106 Å². The van der Waals surface area contributed by atoms with Crippen molar-refractivity contribution in [3.05, 3.63) is 0 Å². The molecule has 3 nitrogen and oxygen atoms in total. The first-order valence-electron chi connectivity index (χ1n) is 6.43. The van der Waals surface area contributed by atoms with E-state index in [1.54, 1.807) is 0 Å². The number of rotatable bonds is 6. The van der Waals surface area contributed by atoms with Crippen LogP contribution in [-0.2, 0) is 4.74 Å². The minimum Gasteiger partial charge on any atom is -0.391 e. The van der Waals surface area contributed by atoms with Crippen LogP contribution in [0.3, 0.4) is 0 Å². The Bertz CT molecular complexity index is 236. The second-order valence-electron chi connectivity index (χ2n) is 4.92. The number of alkyl halides is 3. The van der Waals surface area contributed by atoms with Crippen molar-refractivity contribution in [3.8, 4) is 0 Å². The molecule has 0 aliphatic heterocycles. The lowest BCUT2D eigenvalue weighted by Crippen LogP contribution is -2.43. The number of halogens is 3. The van der Waals surface area contributed by atoms with Crippen molar-refractivity contribution in [1.29, 1.82) is 0 Å². The van der Waals surface area contributed by atoms with Crippen molar-refractivity contribution >= 4 is 0 Å². The highest BCUT2D eigenvalue weighted by Gasteiger charge is 2.28. The predicted molar refractivity (Wildman–Crippen MR) is 62.4 cm³/mol. The van der Waals surface area contributed by atoms with Gasteiger partial charge < -0.3 is 14.7 Å². The van der Waals surface area contributed by atoms with E-state index in [1.165, 1.54) is 0 Å². The van der Waals surface area contributed by atoms with Crippen LogP contribution >= 0.6 is 0 Å². The average Bonchev–Trinajstić information content (AvgIpc) is 2.27. The van der Waals surface area contributed by atoms with Crippen LogP contribution in [0.15, 0.2) is 0 Å². The van der Waals surface area contributed by atoms with Gasteiger partial charge in [0.25, 0.3) is 0 Å². The van der Waals surface area contributed by atoms with Gasteiger partial charge in [0, 0.05) is 19.2 Å². The molecule has 2 atom stereocenters. The molecule has 1 aliphatic carbocycles. The summed E-state index contributed by atoms with van der Waals surface area (Å²) in [7, 11) is 1.91. The van der Waals surface area contributed by atoms with Crippen LogP contribution in [0.1, 0.15) is 32.1 Å². The van der Waals surface area contributed by atoms with Gasteiger partial charge in [0.15, 0.2) is 0 Å². The van der Waals surface area contributed by atoms with Crippen molar-refractivity contribution in [2.75, 3.05) is 26.8 Å². The van der Waals surface area contributed by atoms with Crippen LogP contribution in [0.5, 0.6) is 0 Å². The molecule has 1 saturated carbocycles. The molecule has 2 unspecified atom stereocenters. The second-order valence-corrected chi connectivity index (χ2v) is 4.92. The third-order valence-corrected chi connectivity index (χ3v) is 3.33. The van der Waals surface area contributed by atoms with Crippen LogP contribution in [-0.4, -0.2) is 55.1 Å². The molecule has 0 spiro atoms. The lowest BCUT2D eigenvalue weighted by Gasteiger charge is -2.35. The maximum Gasteiger partial charge on any atom is 0.411 e. The zero-order chi connectivity index (χ0) is 13.6. The lowest BCUT2D eigenvalue weighted by atomic mass is 9.91. The summed E-state index contributed by atoms with van der Waals surface area (Å²) in [5.41, 5.74) is 0. The SMILES string of the molecule is CN(CCCOCC(F)(F)F)C1CCCCC1O. The van der Waals surface area contributed by atoms with Gasteiger partial charge in [0.2, 0.25) is 0 Å². The largest absolute Gasteiger partial charge is 0.411 e. The highest BCUT2D eigenvalue weighted by Crippen LogP contribution is 2.22. The maximum atomic E-state index is 11.8. The zero-order valence-corrected chi connectivity index (χ0v) is 10.7. The molecule has 0 amide bonds. The standard InChI is InChI=1S/C12H22F3NO2/c1-16(10-5-2-3-6-11(10)17)7-4-8-18-9-12(13,14)15/h10-11,17H,2-9H2,1H3. The fourth-order valence-corrected chi connectivity index (χ4v) is 2.38. The van der Waals surface area contributed by atoms with Crippen LogP contribution in [0, 0.1) is 0 Å². The van der Waals surface area contributed by atoms with Crippen LogP contribution in [0.4, 0.5) is 13.2 Å². The monoisotopic (exact) mass is 269 g/mol. The summed E-state index contributed by atoms with van der Waals surface area (Å²) in [6, 6.07) is 0.140. The molecule has 0 aromatic heterocycles. The van der Waals surface area contributed by atoms with Crippen molar-refractivity contribution in [3.63, 3.8) is 0 Å². The lowest BCUT2D eigenvalue weighted by molar-refractivity contribution is -0.174. The highest BCUT2D eigenvalue weighted by molar-refractivity contribution is 4.81. The van der Waals surface area contributed by atoms with Gasteiger partial charge in [-0.15, -0.1) is 0 Å². The fraction of sp³-hybridized carbons (Fsp3) is 1.00. The number of nitrogens with zero attached hydrogens (tertiary/aromatic N) is 1. The van der Waals surface area contributed by atoms with Crippen LogP contribution in [0.2, 0.25) is 0 Å². The van der Waals surface area contributed by atoms with E-state index < -0.39 is 12.8 Å². The first kappa shape index (κ1) is 15.7. The Morgan fingerprint density at radius 1 is 1.28 bits per heavy atom. The van der Waals surface area contributed by atoms with Gasteiger partial charge >= 0.3 is 6.18 Å². The predicted octanol–water partition coefficient (Wildman–Crippen LogP) is 2.19. The van der Waals surface area contributed by atoms with Crippen LogP contribution < -0.4 is 0 Å². The van der Waals surface area contributed by atoms with Gasteiger partial charge in [-0.2, -0.15) is 13.2 Å². The molecular formula is C12H22F3NO2. The van der Waals surface area contributed by atoms with Gasteiger partial charge in [-0.05, 0) is 26.3 Å². The summed E-state index contributed by atoms with van der Waals surface area (Å²) < 4.78 is 40.0. The minimum atomic E-state index is -4.24.